The summed E-state index contributed by atoms with van der Waals surface area (Å²) in [5.41, 5.74) is 0.483. The van der Waals surface area contributed by atoms with E-state index in [2.05, 4.69) is 20.9 Å². The van der Waals surface area contributed by atoms with Gasteiger partial charge in [-0.2, -0.15) is 13.2 Å². The Bertz CT molecular complexity index is 487. The lowest BCUT2D eigenvalue weighted by Crippen LogP contribution is -2.50. The number of amides is 1. The fourth-order valence-electron chi connectivity index (χ4n) is 2.08. The first-order valence-corrected chi connectivity index (χ1v) is 6.84. The molecule has 0 bridgehead atoms. The molecule has 0 radical (unpaired) electrons. The van der Waals surface area contributed by atoms with Crippen molar-refractivity contribution in [3.8, 4) is 0 Å². The summed E-state index contributed by atoms with van der Waals surface area (Å²) in [6.45, 7) is 0.147. The minimum absolute atomic E-state index is 0.181. The molecule has 1 aromatic heterocycles. The van der Waals surface area contributed by atoms with Crippen LogP contribution < -0.4 is 0 Å². The van der Waals surface area contributed by atoms with Gasteiger partial charge in [0.05, 0.1) is 6.54 Å². The zero-order valence-electron chi connectivity index (χ0n) is 10.5. The van der Waals surface area contributed by atoms with Gasteiger partial charge in [0.15, 0.2) is 0 Å². The van der Waals surface area contributed by atoms with Gasteiger partial charge in [-0.1, -0.05) is 0 Å². The quantitative estimate of drug-likeness (QED) is 0.766. The van der Waals surface area contributed by atoms with E-state index in [9.17, 15) is 18.0 Å². The average molecular weight is 352 g/mol. The zero-order valence-corrected chi connectivity index (χ0v) is 12.1. The highest BCUT2D eigenvalue weighted by atomic mass is 79.9. The zero-order chi connectivity index (χ0) is 14.8. The molecular weight excluding hydrogens is 339 g/mol. The Morgan fingerprint density at radius 2 is 1.95 bits per heavy atom. The molecule has 110 valence electrons. The highest BCUT2D eigenvalue weighted by molar-refractivity contribution is 9.10. The molecular formula is C12H13BrF3N3O. The van der Waals surface area contributed by atoms with E-state index in [1.54, 1.807) is 17.0 Å². The second kappa shape index (κ2) is 6.09. The summed E-state index contributed by atoms with van der Waals surface area (Å²) < 4.78 is 37.4. The monoisotopic (exact) mass is 351 g/mol. The summed E-state index contributed by atoms with van der Waals surface area (Å²) >= 11 is 3.18. The number of aromatic nitrogens is 1. The maximum Gasteiger partial charge on any atom is 0.401 e. The molecule has 4 nitrogen and oxygen atoms in total. The number of pyridine rings is 1. The Balaban J connectivity index is 1.92. The van der Waals surface area contributed by atoms with Crippen LogP contribution in [0.25, 0.3) is 0 Å². The van der Waals surface area contributed by atoms with Crippen molar-refractivity contribution >= 4 is 21.8 Å². The Morgan fingerprint density at radius 3 is 2.50 bits per heavy atom. The van der Waals surface area contributed by atoms with Gasteiger partial charge in [0.25, 0.3) is 5.91 Å². The van der Waals surface area contributed by atoms with E-state index in [0.717, 1.165) is 0 Å². The van der Waals surface area contributed by atoms with Crippen LogP contribution in [0.1, 0.15) is 10.4 Å². The normalized spacial score (nSPS) is 17.3. The SMILES string of the molecule is O=C(c1ccnc(Br)c1)N1CCN(CC(F)(F)F)CC1. The molecule has 2 rings (SSSR count). The molecule has 0 saturated carbocycles. The van der Waals surface area contributed by atoms with Crippen LogP contribution in [-0.2, 0) is 0 Å². The largest absolute Gasteiger partial charge is 0.401 e. The van der Waals surface area contributed by atoms with Gasteiger partial charge in [0.2, 0.25) is 0 Å². The standard InChI is InChI=1S/C12H13BrF3N3O/c13-10-7-9(1-2-17-10)11(20)19-5-3-18(4-6-19)8-12(14,15)16/h1-2,7H,3-6,8H2. The van der Waals surface area contributed by atoms with Gasteiger partial charge >= 0.3 is 6.18 Å². The molecule has 1 aliphatic heterocycles. The molecule has 0 aromatic carbocycles. The van der Waals surface area contributed by atoms with E-state index >= 15 is 0 Å². The third-order valence-electron chi connectivity index (χ3n) is 3.04. The summed E-state index contributed by atoms with van der Waals surface area (Å²) in [4.78, 5) is 19.0. The Labute approximate surface area is 122 Å². The third-order valence-corrected chi connectivity index (χ3v) is 3.47. The van der Waals surface area contributed by atoms with E-state index < -0.39 is 12.7 Å². The Kier molecular flexibility index (Phi) is 4.64. The van der Waals surface area contributed by atoms with Crippen LogP contribution in [0, 0.1) is 0 Å². The molecule has 1 amide bonds. The van der Waals surface area contributed by atoms with Crippen LogP contribution in [0.3, 0.4) is 0 Å². The van der Waals surface area contributed by atoms with Gasteiger partial charge < -0.3 is 4.90 Å². The lowest BCUT2D eigenvalue weighted by atomic mass is 10.2. The van der Waals surface area contributed by atoms with Crippen molar-refractivity contribution in [1.29, 1.82) is 0 Å². The number of piperazine rings is 1. The smallest absolute Gasteiger partial charge is 0.336 e. The van der Waals surface area contributed by atoms with Crippen LogP contribution in [0.5, 0.6) is 0 Å². The fraction of sp³-hybridized carbons (Fsp3) is 0.500. The lowest BCUT2D eigenvalue weighted by molar-refractivity contribution is -0.148. The van der Waals surface area contributed by atoms with Crippen molar-refractivity contribution in [3.63, 3.8) is 0 Å². The third kappa shape index (κ3) is 4.17. The summed E-state index contributed by atoms with van der Waals surface area (Å²) in [5, 5.41) is 0. The topological polar surface area (TPSA) is 36.4 Å². The van der Waals surface area contributed by atoms with Crippen molar-refractivity contribution in [2.45, 2.75) is 6.18 Å². The van der Waals surface area contributed by atoms with Gasteiger partial charge in [-0.05, 0) is 28.1 Å². The minimum atomic E-state index is -4.19. The van der Waals surface area contributed by atoms with Gasteiger partial charge in [0.1, 0.15) is 4.60 Å². The second-order valence-electron chi connectivity index (χ2n) is 4.55. The number of rotatable bonds is 2. The molecule has 8 heteroatoms. The van der Waals surface area contributed by atoms with Crippen LogP contribution in [-0.4, -0.2) is 59.6 Å². The van der Waals surface area contributed by atoms with E-state index in [1.807, 2.05) is 0 Å². The molecule has 0 spiro atoms. The molecule has 1 aromatic rings. The van der Waals surface area contributed by atoms with Crippen LogP contribution in [0.4, 0.5) is 13.2 Å². The van der Waals surface area contributed by atoms with Crippen molar-refractivity contribution < 1.29 is 18.0 Å². The molecule has 1 saturated heterocycles. The Morgan fingerprint density at radius 1 is 1.30 bits per heavy atom. The number of hydrogen-bond donors (Lipinski definition) is 0. The maximum absolute atomic E-state index is 12.3. The number of carbonyl (C=O) groups excluding carboxylic acids is 1. The molecule has 2 heterocycles. The van der Waals surface area contributed by atoms with Crippen LogP contribution in [0.2, 0.25) is 0 Å². The molecule has 1 fully saturated rings. The highest BCUT2D eigenvalue weighted by Crippen LogP contribution is 2.18. The van der Waals surface area contributed by atoms with E-state index in [0.29, 0.717) is 23.3 Å². The predicted molar refractivity (Wildman–Crippen MR) is 70.3 cm³/mol. The number of halogens is 4. The first-order chi connectivity index (χ1) is 9.35. The Hall–Kier alpha value is -1.15. The molecule has 0 N–H and O–H groups in total. The number of hydrogen-bond acceptors (Lipinski definition) is 3. The summed E-state index contributed by atoms with van der Waals surface area (Å²) in [5.74, 6) is -0.181. The van der Waals surface area contributed by atoms with Crippen molar-refractivity contribution in [3.05, 3.63) is 28.5 Å². The van der Waals surface area contributed by atoms with Crippen LogP contribution >= 0.6 is 15.9 Å². The van der Waals surface area contributed by atoms with E-state index in [1.165, 1.54) is 11.1 Å². The second-order valence-corrected chi connectivity index (χ2v) is 5.36. The maximum atomic E-state index is 12.3. The molecule has 1 aliphatic rings. The van der Waals surface area contributed by atoms with Crippen molar-refractivity contribution in [2.75, 3.05) is 32.7 Å². The molecule has 20 heavy (non-hydrogen) atoms. The van der Waals surface area contributed by atoms with Gasteiger partial charge in [-0.3, -0.25) is 9.69 Å². The summed E-state index contributed by atoms with van der Waals surface area (Å²) in [7, 11) is 0. The van der Waals surface area contributed by atoms with E-state index in [-0.39, 0.29) is 19.0 Å². The first-order valence-electron chi connectivity index (χ1n) is 6.05. The van der Waals surface area contributed by atoms with Gasteiger partial charge in [-0.25, -0.2) is 4.98 Å². The molecule has 0 aliphatic carbocycles. The molecule has 0 atom stereocenters. The highest BCUT2D eigenvalue weighted by Gasteiger charge is 2.32. The number of alkyl halides is 3. The predicted octanol–water partition coefficient (Wildman–Crippen LogP) is 2.16. The number of carbonyl (C=O) groups is 1. The van der Waals surface area contributed by atoms with Crippen molar-refractivity contribution in [2.24, 2.45) is 0 Å². The summed E-state index contributed by atoms with van der Waals surface area (Å²) in [6, 6.07) is 3.19. The van der Waals surface area contributed by atoms with E-state index in [4.69, 9.17) is 0 Å². The minimum Gasteiger partial charge on any atom is -0.336 e. The fourth-order valence-corrected chi connectivity index (χ4v) is 2.45. The van der Waals surface area contributed by atoms with Crippen molar-refractivity contribution in [1.82, 2.24) is 14.8 Å². The van der Waals surface area contributed by atoms with Gasteiger partial charge in [-0.15, -0.1) is 0 Å². The average Bonchev–Trinajstić information content (AvgIpc) is 2.37. The number of nitrogens with zero attached hydrogens (tertiary/aromatic N) is 3. The summed E-state index contributed by atoms with van der Waals surface area (Å²) in [6.07, 6.45) is -2.68. The van der Waals surface area contributed by atoms with Gasteiger partial charge in [0, 0.05) is 37.9 Å². The first kappa shape index (κ1) is 15.2. The lowest BCUT2D eigenvalue weighted by Gasteiger charge is -2.35. The molecule has 0 unspecified atom stereocenters. The van der Waals surface area contributed by atoms with Crippen LogP contribution in [0.15, 0.2) is 22.9 Å².